The first-order valence-corrected chi connectivity index (χ1v) is 13.1. The summed E-state index contributed by atoms with van der Waals surface area (Å²) in [5.41, 5.74) is 5.78. The first-order valence-electron chi connectivity index (χ1n) is 12.2. The molecule has 0 aliphatic heterocycles. The highest BCUT2D eigenvalue weighted by Gasteiger charge is 2.27. The minimum atomic E-state index is -0.954. The standard InChI is InChI=1S/C29H25F2N3O3S/c30-20-6-9-24(25(31)14-20)26-16-38-29(34-26)23-8-5-19-13-21(7-10-22(19)23)33-15-17-1-3-18(4-2-17)28(37)32-12-11-27(35)36/h1-4,6-7,9-10,13-14,16,23,33H,5,8,11-12,15H2,(H,32,37)(H,35,36). The van der Waals surface area contributed by atoms with Crippen molar-refractivity contribution in [2.45, 2.75) is 31.7 Å². The maximum Gasteiger partial charge on any atom is 0.305 e. The van der Waals surface area contributed by atoms with Gasteiger partial charge < -0.3 is 15.7 Å². The van der Waals surface area contributed by atoms with Gasteiger partial charge in [-0.25, -0.2) is 13.8 Å². The number of thiazole rings is 1. The van der Waals surface area contributed by atoms with E-state index >= 15 is 0 Å². The van der Waals surface area contributed by atoms with E-state index in [4.69, 9.17) is 5.11 Å². The summed E-state index contributed by atoms with van der Waals surface area (Å²) < 4.78 is 27.5. The van der Waals surface area contributed by atoms with E-state index in [1.165, 1.54) is 34.6 Å². The van der Waals surface area contributed by atoms with Crippen LogP contribution in [0.1, 0.15) is 50.8 Å². The minimum absolute atomic E-state index is 0.0904. The highest BCUT2D eigenvalue weighted by atomic mass is 32.1. The van der Waals surface area contributed by atoms with Crippen LogP contribution in [0, 0.1) is 11.6 Å². The van der Waals surface area contributed by atoms with Gasteiger partial charge >= 0.3 is 5.97 Å². The van der Waals surface area contributed by atoms with Gasteiger partial charge in [-0.1, -0.05) is 18.2 Å². The van der Waals surface area contributed by atoms with E-state index in [0.29, 0.717) is 23.4 Å². The largest absolute Gasteiger partial charge is 0.481 e. The summed E-state index contributed by atoms with van der Waals surface area (Å²) in [6, 6.07) is 17.0. The van der Waals surface area contributed by atoms with Crippen molar-refractivity contribution in [2.75, 3.05) is 11.9 Å². The summed E-state index contributed by atoms with van der Waals surface area (Å²) in [5.74, 6) is -2.32. The molecule has 5 rings (SSSR count). The Hall–Kier alpha value is -4.11. The van der Waals surface area contributed by atoms with Crippen LogP contribution < -0.4 is 10.6 Å². The van der Waals surface area contributed by atoms with Crippen LogP contribution in [-0.2, 0) is 17.8 Å². The van der Waals surface area contributed by atoms with Crippen molar-refractivity contribution in [2.24, 2.45) is 0 Å². The van der Waals surface area contributed by atoms with E-state index in [9.17, 15) is 18.4 Å². The molecule has 0 saturated carbocycles. The number of carboxylic acid groups (broad SMARTS) is 1. The lowest BCUT2D eigenvalue weighted by molar-refractivity contribution is -0.136. The van der Waals surface area contributed by atoms with Crippen molar-refractivity contribution in [3.8, 4) is 11.3 Å². The lowest BCUT2D eigenvalue weighted by Gasteiger charge is -2.12. The van der Waals surface area contributed by atoms with Gasteiger partial charge in [0.15, 0.2) is 0 Å². The van der Waals surface area contributed by atoms with Gasteiger partial charge in [-0.3, -0.25) is 9.59 Å². The number of amides is 1. The van der Waals surface area contributed by atoms with Crippen molar-refractivity contribution in [1.82, 2.24) is 10.3 Å². The molecule has 1 aromatic heterocycles. The fraction of sp³-hybridized carbons (Fsp3) is 0.207. The number of aliphatic carboxylic acids is 1. The Labute approximate surface area is 222 Å². The zero-order valence-corrected chi connectivity index (χ0v) is 21.2. The minimum Gasteiger partial charge on any atom is -0.481 e. The topological polar surface area (TPSA) is 91.3 Å². The number of rotatable bonds is 9. The molecular weight excluding hydrogens is 508 g/mol. The molecule has 3 aromatic carbocycles. The number of nitrogens with zero attached hydrogens (tertiary/aromatic N) is 1. The molecular formula is C29H25F2N3O3S. The van der Waals surface area contributed by atoms with E-state index in [2.05, 4.69) is 27.8 Å². The number of carboxylic acids is 1. The number of halogens is 2. The number of nitrogens with one attached hydrogen (secondary N) is 2. The van der Waals surface area contributed by atoms with Crippen molar-refractivity contribution in [1.29, 1.82) is 0 Å². The summed E-state index contributed by atoms with van der Waals surface area (Å²) in [7, 11) is 0. The molecule has 194 valence electrons. The average molecular weight is 534 g/mol. The van der Waals surface area contributed by atoms with Gasteiger partial charge in [-0.15, -0.1) is 11.3 Å². The zero-order chi connectivity index (χ0) is 26.6. The third-order valence-electron chi connectivity index (χ3n) is 6.59. The maximum atomic E-state index is 14.2. The normalized spacial score (nSPS) is 14.2. The number of benzene rings is 3. The van der Waals surface area contributed by atoms with Crippen LogP contribution in [0.2, 0.25) is 0 Å². The monoisotopic (exact) mass is 533 g/mol. The van der Waals surface area contributed by atoms with Crippen LogP contribution in [0.25, 0.3) is 11.3 Å². The molecule has 0 saturated heterocycles. The summed E-state index contributed by atoms with van der Waals surface area (Å²) in [6.45, 7) is 0.676. The molecule has 38 heavy (non-hydrogen) atoms. The molecule has 1 aliphatic rings. The van der Waals surface area contributed by atoms with Gasteiger partial charge in [0.1, 0.15) is 16.6 Å². The quantitative estimate of drug-likeness (QED) is 0.246. The van der Waals surface area contributed by atoms with Crippen LogP contribution in [0.4, 0.5) is 14.5 Å². The second kappa shape index (κ2) is 11.1. The predicted octanol–water partition coefficient (Wildman–Crippen LogP) is 5.98. The number of aromatic nitrogens is 1. The molecule has 0 bridgehead atoms. The lowest BCUT2D eigenvalue weighted by atomic mass is 10.0. The summed E-state index contributed by atoms with van der Waals surface area (Å²) in [4.78, 5) is 27.4. The van der Waals surface area contributed by atoms with Crippen LogP contribution in [-0.4, -0.2) is 28.5 Å². The second-order valence-electron chi connectivity index (χ2n) is 9.15. The fourth-order valence-electron chi connectivity index (χ4n) is 4.62. The third-order valence-corrected chi connectivity index (χ3v) is 7.54. The highest BCUT2D eigenvalue weighted by molar-refractivity contribution is 7.10. The van der Waals surface area contributed by atoms with Gasteiger partial charge in [-0.2, -0.15) is 0 Å². The number of hydrogen-bond acceptors (Lipinski definition) is 5. The summed E-state index contributed by atoms with van der Waals surface area (Å²) in [6.07, 6.45) is 1.73. The Balaban J connectivity index is 1.20. The van der Waals surface area contributed by atoms with E-state index in [1.807, 2.05) is 23.6 Å². The van der Waals surface area contributed by atoms with Crippen LogP contribution in [0.3, 0.4) is 0 Å². The molecule has 0 fully saturated rings. The van der Waals surface area contributed by atoms with Crippen LogP contribution >= 0.6 is 11.3 Å². The summed E-state index contributed by atoms with van der Waals surface area (Å²) >= 11 is 1.50. The molecule has 1 amide bonds. The number of aryl methyl sites for hydroxylation is 1. The van der Waals surface area contributed by atoms with Gasteiger partial charge in [0.05, 0.1) is 12.1 Å². The maximum absolute atomic E-state index is 14.2. The molecule has 1 heterocycles. The first-order chi connectivity index (χ1) is 18.4. The molecule has 9 heteroatoms. The van der Waals surface area contributed by atoms with Crippen LogP contribution in [0.15, 0.2) is 66.0 Å². The summed E-state index contributed by atoms with van der Waals surface area (Å²) in [5, 5.41) is 17.4. The van der Waals surface area contributed by atoms with Crippen molar-refractivity contribution in [3.05, 3.63) is 105 Å². The third kappa shape index (κ3) is 5.73. The Morgan fingerprint density at radius 3 is 2.63 bits per heavy atom. The molecule has 1 aliphatic carbocycles. The number of anilines is 1. The molecule has 6 nitrogen and oxygen atoms in total. The SMILES string of the molecule is O=C(O)CCNC(=O)c1ccc(CNc2ccc3c(c2)CCC3c2nc(-c3ccc(F)cc3F)cs2)cc1. The molecule has 0 radical (unpaired) electrons. The molecule has 0 spiro atoms. The van der Waals surface area contributed by atoms with E-state index < -0.39 is 17.6 Å². The van der Waals surface area contributed by atoms with Gasteiger partial charge in [0.25, 0.3) is 5.91 Å². The van der Waals surface area contributed by atoms with E-state index in [0.717, 1.165) is 35.2 Å². The molecule has 3 N–H and O–H groups in total. The predicted molar refractivity (Wildman–Crippen MR) is 142 cm³/mol. The molecule has 1 unspecified atom stereocenters. The smallest absolute Gasteiger partial charge is 0.305 e. The number of carbonyl (C=O) groups excluding carboxylic acids is 1. The van der Waals surface area contributed by atoms with Gasteiger partial charge in [-0.05, 0) is 65.9 Å². The van der Waals surface area contributed by atoms with E-state index in [1.54, 1.807) is 12.1 Å². The Morgan fingerprint density at radius 1 is 1.05 bits per heavy atom. The zero-order valence-electron chi connectivity index (χ0n) is 20.3. The highest BCUT2D eigenvalue weighted by Crippen LogP contribution is 2.41. The number of fused-ring (bicyclic) bond motifs is 1. The molecule has 1 atom stereocenters. The Morgan fingerprint density at radius 2 is 1.87 bits per heavy atom. The van der Waals surface area contributed by atoms with Crippen LogP contribution in [0.5, 0.6) is 0 Å². The van der Waals surface area contributed by atoms with E-state index in [-0.39, 0.29) is 24.8 Å². The average Bonchev–Trinajstić information content (AvgIpc) is 3.54. The molecule has 4 aromatic rings. The number of carbonyl (C=O) groups is 2. The van der Waals surface area contributed by atoms with Crippen molar-refractivity contribution >= 4 is 28.9 Å². The Bertz CT molecular complexity index is 1490. The fourth-order valence-corrected chi connectivity index (χ4v) is 5.59. The van der Waals surface area contributed by atoms with Crippen molar-refractivity contribution in [3.63, 3.8) is 0 Å². The number of hydrogen-bond donors (Lipinski definition) is 3. The Kier molecular flexibility index (Phi) is 7.46. The van der Waals surface area contributed by atoms with Gasteiger partial charge in [0, 0.05) is 47.3 Å². The second-order valence-corrected chi connectivity index (χ2v) is 10.0. The van der Waals surface area contributed by atoms with Crippen molar-refractivity contribution < 1.29 is 23.5 Å². The first kappa shape index (κ1) is 25.5. The van der Waals surface area contributed by atoms with Gasteiger partial charge in [0.2, 0.25) is 0 Å². The lowest BCUT2D eigenvalue weighted by Crippen LogP contribution is -2.25.